The minimum Gasteiger partial charge on any atom is -0.350 e. The maximum absolute atomic E-state index is 12.9. The van der Waals surface area contributed by atoms with E-state index in [1.165, 1.54) is 4.90 Å². The number of hydrogen-bond donors (Lipinski definition) is 1. The third-order valence-corrected chi connectivity index (χ3v) is 4.86. The normalized spacial score (nSPS) is 11.2. The zero-order valence-corrected chi connectivity index (χ0v) is 16.1. The number of hydrogen-bond acceptors (Lipinski definition) is 5. The molecule has 1 N–H and O–H groups in total. The fourth-order valence-electron chi connectivity index (χ4n) is 2.34. The van der Waals surface area contributed by atoms with Crippen molar-refractivity contribution < 1.29 is 9.59 Å². The molecule has 0 saturated heterocycles. The maximum atomic E-state index is 12.9. The number of rotatable bonds is 6. The third kappa shape index (κ3) is 4.63. The lowest BCUT2D eigenvalue weighted by molar-refractivity contribution is -0.121. The zero-order valence-electron chi connectivity index (χ0n) is 15.3. The summed E-state index contributed by atoms with van der Waals surface area (Å²) >= 11 is 1.11. The molecule has 6 nitrogen and oxygen atoms in total. The number of aryl methyl sites for hydroxylation is 1. The van der Waals surface area contributed by atoms with Crippen molar-refractivity contribution in [1.82, 2.24) is 14.9 Å². The lowest BCUT2D eigenvalue weighted by Crippen LogP contribution is -2.49. The van der Waals surface area contributed by atoms with E-state index in [0.29, 0.717) is 5.69 Å². The summed E-state index contributed by atoms with van der Waals surface area (Å²) < 4.78 is 3.75. The van der Waals surface area contributed by atoms with E-state index in [2.05, 4.69) is 14.9 Å². The largest absolute Gasteiger partial charge is 0.350 e. The van der Waals surface area contributed by atoms with Crippen molar-refractivity contribution in [1.29, 1.82) is 0 Å². The number of carbonyl (C=O) groups is 2. The number of anilines is 1. The molecular formula is C18H24N4O2S. The van der Waals surface area contributed by atoms with Crippen LogP contribution >= 0.6 is 11.5 Å². The molecule has 0 fully saturated rings. The Kier molecular flexibility index (Phi) is 5.89. The quantitative estimate of drug-likeness (QED) is 0.859. The second-order valence-electron chi connectivity index (χ2n) is 6.69. The van der Waals surface area contributed by atoms with Crippen LogP contribution < -0.4 is 10.2 Å². The van der Waals surface area contributed by atoms with Crippen LogP contribution in [0, 0.1) is 13.8 Å². The molecular weight excluding hydrogens is 336 g/mol. The van der Waals surface area contributed by atoms with Crippen molar-refractivity contribution in [2.45, 2.75) is 46.6 Å². The average molecular weight is 360 g/mol. The first-order valence-electron chi connectivity index (χ1n) is 8.21. The van der Waals surface area contributed by atoms with Crippen molar-refractivity contribution in [3.05, 3.63) is 40.4 Å². The molecule has 0 aliphatic carbocycles. The van der Waals surface area contributed by atoms with Gasteiger partial charge in [-0.1, -0.05) is 23.5 Å². The Morgan fingerprint density at radius 3 is 2.60 bits per heavy atom. The van der Waals surface area contributed by atoms with Crippen LogP contribution in [0.4, 0.5) is 5.69 Å². The van der Waals surface area contributed by atoms with E-state index in [4.69, 9.17) is 0 Å². The zero-order chi connectivity index (χ0) is 18.6. The van der Waals surface area contributed by atoms with Gasteiger partial charge in [-0.15, -0.1) is 5.10 Å². The standard InChI is InChI=1S/C18H24N4O2S/c1-6-18(4,5)19-16(23)10-22(17(24)14-11-25-21-20-14)15-9-7-8-12(2)13(15)3/h7-9,11H,6,10H2,1-5H3,(H,19,23). The van der Waals surface area contributed by atoms with Crippen molar-refractivity contribution in [3.8, 4) is 0 Å². The first-order valence-corrected chi connectivity index (χ1v) is 9.05. The van der Waals surface area contributed by atoms with Crippen LogP contribution in [-0.4, -0.2) is 33.5 Å². The van der Waals surface area contributed by atoms with Gasteiger partial charge in [0.05, 0.1) is 0 Å². The summed E-state index contributed by atoms with van der Waals surface area (Å²) in [4.78, 5) is 26.9. The summed E-state index contributed by atoms with van der Waals surface area (Å²) in [6.45, 7) is 9.78. The highest BCUT2D eigenvalue weighted by Gasteiger charge is 2.26. The van der Waals surface area contributed by atoms with E-state index in [1.807, 2.05) is 52.8 Å². The molecule has 2 amide bonds. The number of benzene rings is 1. The Balaban J connectivity index is 2.34. The van der Waals surface area contributed by atoms with Gasteiger partial charge in [-0.25, -0.2) is 0 Å². The van der Waals surface area contributed by atoms with Crippen molar-refractivity contribution in [2.24, 2.45) is 0 Å². The second kappa shape index (κ2) is 7.74. The molecule has 25 heavy (non-hydrogen) atoms. The van der Waals surface area contributed by atoms with Crippen molar-refractivity contribution in [2.75, 3.05) is 11.4 Å². The second-order valence-corrected chi connectivity index (χ2v) is 7.30. The fourth-order valence-corrected chi connectivity index (χ4v) is 2.77. The SMILES string of the molecule is CCC(C)(C)NC(=O)CN(C(=O)c1csnn1)c1cccc(C)c1C. The third-order valence-electron chi connectivity index (χ3n) is 4.35. The Morgan fingerprint density at radius 1 is 1.28 bits per heavy atom. The van der Waals surface area contributed by atoms with E-state index in [1.54, 1.807) is 5.38 Å². The molecule has 0 aliphatic rings. The number of carbonyl (C=O) groups excluding carboxylic acids is 2. The van der Waals surface area contributed by atoms with Crippen LogP contribution in [0.5, 0.6) is 0 Å². The van der Waals surface area contributed by atoms with Gasteiger partial charge in [0.25, 0.3) is 5.91 Å². The molecule has 0 aliphatic heterocycles. The summed E-state index contributed by atoms with van der Waals surface area (Å²) in [6, 6.07) is 5.70. The number of amides is 2. The van der Waals surface area contributed by atoms with E-state index in [9.17, 15) is 9.59 Å². The molecule has 0 unspecified atom stereocenters. The van der Waals surface area contributed by atoms with Gasteiger partial charge in [-0.2, -0.15) is 0 Å². The van der Waals surface area contributed by atoms with Gasteiger partial charge in [-0.3, -0.25) is 14.5 Å². The Hall–Kier alpha value is -2.28. The summed E-state index contributed by atoms with van der Waals surface area (Å²) in [6.07, 6.45) is 0.798. The minimum absolute atomic E-state index is 0.0654. The Bertz CT molecular complexity index is 756. The van der Waals surface area contributed by atoms with Crippen LogP contribution in [0.1, 0.15) is 48.8 Å². The van der Waals surface area contributed by atoms with Gasteiger partial charge in [0.15, 0.2) is 5.69 Å². The first-order chi connectivity index (χ1) is 11.7. The van der Waals surface area contributed by atoms with E-state index in [0.717, 1.165) is 29.1 Å². The molecule has 0 spiro atoms. The van der Waals surface area contributed by atoms with Gasteiger partial charge in [-0.05, 0) is 62.8 Å². The predicted octanol–water partition coefficient (Wildman–Crippen LogP) is 3.11. The van der Waals surface area contributed by atoms with Crippen LogP contribution in [-0.2, 0) is 4.79 Å². The highest BCUT2D eigenvalue weighted by Crippen LogP contribution is 2.24. The number of nitrogens with one attached hydrogen (secondary N) is 1. The molecule has 2 rings (SSSR count). The smallest absolute Gasteiger partial charge is 0.280 e. The summed E-state index contributed by atoms with van der Waals surface area (Å²) in [5.74, 6) is -0.531. The molecule has 1 heterocycles. The van der Waals surface area contributed by atoms with E-state index in [-0.39, 0.29) is 29.6 Å². The van der Waals surface area contributed by atoms with Gasteiger partial charge in [0.2, 0.25) is 5.91 Å². The summed E-state index contributed by atoms with van der Waals surface area (Å²) in [5.41, 5.74) is 2.65. The van der Waals surface area contributed by atoms with Crippen molar-refractivity contribution in [3.63, 3.8) is 0 Å². The van der Waals surface area contributed by atoms with Crippen LogP contribution in [0.15, 0.2) is 23.6 Å². The monoisotopic (exact) mass is 360 g/mol. The highest BCUT2D eigenvalue weighted by atomic mass is 32.1. The Morgan fingerprint density at radius 2 is 2.00 bits per heavy atom. The molecule has 0 atom stereocenters. The first kappa shape index (κ1) is 19.1. The van der Waals surface area contributed by atoms with Crippen LogP contribution in [0.2, 0.25) is 0 Å². The fraction of sp³-hybridized carbons (Fsp3) is 0.444. The van der Waals surface area contributed by atoms with Gasteiger partial charge in [0, 0.05) is 16.6 Å². The van der Waals surface area contributed by atoms with Crippen LogP contribution in [0.25, 0.3) is 0 Å². The van der Waals surface area contributed by atoms with Crippen LogP contribution in [0.3, 0.4) is 0 Å². The lowest BCUT2D eigenvalue weighted by Gasteiger charge is -2.28. The van der Waals surface area contributed by atoms with E-state index >= 15 is 0 Å². The lowest BCUT2D eigenvalue weighted by atomic mass is 10.0. The molecule has 7 heteroatoms. The molecule has 2 aromatic rings. The van der Waals surface area contributed by atoms with E-state index < -0.39 is 0 Å². The molecule has 1 aromatic carbocycles. The molecule has 0 bridgehead atoms. The maximum Gasteiger partial charge on any atom is 0.280 e. The van der Waals surface area contributed by atoms with Crippen molar-refractivity contribution >= 4 is 29.0 Å². The predicted molar refractivity (Wildman–Crippen MR) is 100 cm³/mol. The summed E-state index contributed by atoms with van der Waals surface area (Å²) in [7, 11) is 0. The molecule has 1 aromatic heterocycles. The molecule has 0 saturated carbocycles. The summed E-state index contributed by atoms with van der Waals surface area (Å²) in [5, 5.41) is 8.42. The van der Waals surface area contributed by atoms with Gasteiger partial charge >= 0.3 is 0 Å². The Labute approximate surface area is 152 Å². The molecule has 134 valence electrons. The number of aromatic nitrogens is 2. The topological polar surface area (TPSA) is 75.2 Å². The molecule has 0 radical (unpaired) electrons. The number of nitrogens with zero attached hydrogens (tertiary/aromatic N) is 3. The highest BCUT2D eigenvalue weighted by molar-refractivity contribution is 7.03. The van der Waals surface area contributed by atoms with Gasteiger partial charge < -0.3 is 5.32 Å². The average Bonchev–Trinajstić information content (AvgIpc) is 3.09. The van der Waals surface area contributed by atoms with Gasteiger partial charge in [0.1, 0.15) is 6.54 Å². The minimum atomic E-state index is -0.327.